The Morgan fingerprint density at radius 2 is 2.35 bits per heavy atom. The first-order chi connectivity index (χ1) is 9.76. The zero-order valence-electron chi connectivity index (χ0n) is 12.1. The third-order valence-electron chi connectivity index (χ3n) is 3.43. The lowest BCUT2D eigenvalue weighted by atomic mass is 10.0. The Kier molecular flexibility index (Phi) is 5.52. The van der Waals surface area contributed by atoms with Gasteiger partial charge in [-0.05, 0) is 26.2 Å². The van der Waals surface area contributed by atoms with Crippen LogP contribution in [0.2, 0.25) is 0 Å². The highest BCUT2D eigenvalue weighted by molar-refractivity contribution is 5.76. The maximum Gasteiger partial charge on any atom is 0.318 e. The molecule has 1 aliphatic heterocycles. The van der Waals surface area contributed by atoms with Gasteiger partial charge >= 0.3 is 5.97 Å². The molecule has 1 fully saturated rings. The third kappa shape index (κ3) is 3.56. The molecule has 2 unspecified atom stereocenters. The SMILES string of the molecule is CCCC(C(=O)OCC)c1nc(C2CCCOC2)no1. The molecule has 1 aliphatic rings. The van der Waals surface area contributed by atoms with Crippen molar-refractivity contribution in [1.82, 2.24) is 10.1 Å². The lowest BCUT2D eigenvalue weighted by molar-refractivity contribution is -0.145. The number of ether oxygens (including phenoxy) is 2. The molecule has 20 heavy (non-hydrogen) atoms. The minimum Gasteiger partial charge on any atom is -0.465 e. The Bertz CT molecular complexity index is 427. The van der Waals surface area contributed by atoms with E-state index in [1.807, 2.05) is 6.92 Å². The molecule has 1 aromatic heterocycles. The van der Waals surface area contributed by atoms with E-state index in [1.165, 1.54) is 0 Å². The zero-order valence-corrected chi connectivity index (χ0v) is 12.1. The van der Waals surface area contributed by atoms with E-state index in [1.54, 1.807) is 6.92 Å². The number of carbonyl (C=O) groups excluding carboxylic acids is 1. The smallest absolute Gasteiger partial charge is 0.318 e. The number of hydrogen-bond acceptors (Lipinski definition) is 6. The zero-order chi connectivity index (χ0) is 14.4. The van der Waals surface area contributed by atoms with E-state index in [0.29, 0.717) is 31.3 Å². The van der Waals surface area contributed by atoms with Crippen molar-refractivity contribution >= 4 is 5.97 Å². The van der Waals surface area contributed by atoms with Crippen molar-refractivity contribution in [2.75, 3.05) is 19.8 Å². The Labute approximate surface area is 118 Å². The van der Waals surface area contributed by atoms with Gasteiger partial charge in [-0.1, -0.05) is 18.5 Å². The molecule has 2 heterocycles. The summed E-state index contributed by atoms with van der Waals surface area (Å²) >= 11 is 0. The standard InChI is InChI=1S/C14H22N2O4/c1-3-6-11(14(17)19-4-2)13-15-12(16-20-13)10-7-5-8-18-9-10/h10-11H,3-9H2,1-2H3. The first-order valence-electron chi connectivity index (χ1n) is 7.34. The molecule has 0 spiro atoms. The molecule has 1 aromatic rings. The van der Waals surface area contributed by atoms with Gasteiger partial charge in [-0.3, -0.25) is 4.79 Å². The number of carbonyl (C=O) groups is 1. The molecule has 0 amide bonds. The minimum atomic E-state index is -0.453. The van der Waals surface area contributed by atoms with Gasteiger partial charge < -0.3 is 14.0 Å². The van der Waals surface area contributed by atoms with E-state index in [0.717, 1.165) is 25.9 Å². The molecule has 2 rings (SSSR count). The number of aromatic nitrogens is 2. The summed E-state index contributed by atoms with van der Waals surface area (Å²) in [5.74, 6) is 0.442. The lowest BCUT2D eigenvalue weighted by Crippen LogP contribution is -2.18. The molecule has 0 aliphatic carbocycles. The fourth-order valence-corrected chi connectivity index (χ4v) is 2.37. The molecule has 0 N–H and O–H groups in total. The van der Waals surface area contributed by atoms with Gasteiger partial charge in [0.1, 0.15) is 5.92 Å². The van der Waals surface area contributed by atoms with Gasteiger partial charge in [-0.2, -0.15) is 4.98 Å². The van der Waals surface area contributed by atoms with Crippen molar-refractivity contribution in [2.24, 2.45) is 0 Å². The van der Waals surface area contributed by atoms with E-state index in [-0.39, 0.29) is 11.9 Å². The number of rotatable bonds is 6. The van der Waals surface area contributed by atoms with Gasteiger partial charge in [0.25, 0.3) is 0 Å². The fourth-order valence-electron chi connectivity index (χ4n) is 2.37. The van der Waals surface area contributed by atoms with E-state index < -0.39 is 5.92 Å². The van der Waals surface area contributed by atoms with Crippen LogP contribution in [-0.4, -0.2) is 35.9 Å². The quantitative estimate of drug-likeness (QED) is 0.746. The van der Waals surface area contributed by atoms with Gasteiger partial charge in [-0.15, -0.1) is 0 Å². The second kappa shape index (κ2) is 7.38. The van der Waals surface area contributed by atoms with Gasteiger partial charge in [-0.25, -0.2) is 0 Å². The summed E-state index contributed by atoms with van der Waals surface area (Å²) in [4.78, 5) is 16.3. The van der Waals surface area contributed by atoms with Crippen LogP contribution in [0.25, 0.3) is 0 Å². The van der Waals surface area contributed by atoms with Crippen molar-refractivity contribution in [3.05, 3.63) is 11.7 Å². The number of nitrogens with zero attached hydrogens (tertiary/aromatic N) is 2. The molecule has 0 saturated carbocycles. The second-order valence-electron chi connectivity index (χ2n) is 5.00. The van der Waals surface area contributed by atoms with Crippen LogP contribution in [0.5, 0.6) is 0 Å². The highest BCUT2D eigenvalue weighted by Gasteiger charge is 2.29. The van der Waals surface area contributed by atoms with Crippen LogP contribution in [0.1, 0.15) is 63.1 Å². The fraction of sp³-hybridized carbons (Fsp3) is 0.786. The average molecular weight is 282 g/mol. The van der Waals surface area contributed by atoms with Crippen LogP contribution in [0.15, 0.2) is 4.52 Å². The highest BCUT2D eigenvalue weighted by atomic mass is 16.5. The van der Waals surface area contributed by atoms with Crippen molar-refractivity contribution < 1.29 is 18.8 Å². The number of esters is 1. The minimum absolute atomic E-state index is 0.172. The lowest BCUT2D eigenvalue weighted by Gasteiger charge is -2.18. The first kappa shape index (κ1) is 15.0. The molecule has 112 valence electrons. The van der Waals surface area contributed by atoms with E-state index in [9.17, 15) is 4.79 Å². The Hall–Kier alpha value is -1.43. The van der Waals surface area contributed by atoms with Crippen LogP contribution in [0, 0.1) is 0 Å². The van der Waals surface area contributed by atoms with Crippen molar-refractivity contribution in [1.29, 1.82) is 0 Å². The van der Waals surface area contributed by atoms with Crippen LogP contribution >= 0.6 is 0 Å². The first-order valence-corrected chi connectivity index (χ1v) is 7.34. The van der Waals surface area contributed by atoms with Crippen LogP contribution in [0.4, 0.5) is 0 Å². The normalized spacial score (nSPS) is 20.6. The molecule has 0 aromatic carbocycles. The monoisotopic (exact) mass is 282 g/mol. The highest BCUT2D eigenvalue weighted by Crippen LogP contribution is 2.26. The molecular formula is C14H22N2O4. The molecule has 0 bridgehead atoms. The maximum atomic E-state index is 11.9. The summed E-state index contributed by atoms with van der Waals surface area (Å²) in [5.41, 5.74) is 0. The summed E-state index contributed by atoms with van der Waals surface area (Å²) in [6, 6.07) is 0. The Balaban J connectivity index is 2.09. The van der Waals surface area contributed by atoms with Gasteiger partial charge in [0.2, 0.25) is 5.89 Å². The Morgan fingerprint density at radius 1 is 1.50 bits per heavy atom. The van der Waals surface area contributed by atoms with E-state index >= 15 is 0 Å². The topological polar surface area (TPSA) is 74.5 Å². The largest absolute Gasteiger partial charge is 0.465 e. The van der Waals surface area contributed by atoms with Crippen molar-refractivity contribution in [3.8, 4) is 0 Å². The molecule has 6 heteroatoms. The van der Waals surface area contributed by atoms with Gasteiger partial charge in [0, 0.05) is 12.5 Å². The predicted octanol–water partition coefficient (Wildman–Crippen LogP) is 2.41. The van der Waals surface area contributed by atoms with Crippen LogP contribution < -0.4 is 0 Å². The molecule has 0 radical (unpaired) electrons. The van der Waals surface area contributed by atoms with Crippen LogP contribution in [0.3, 0.4) is 0 Å². The van der Waals surface area contributed by atoms with Gasteiger partial charge in [0.15, 0.2) is 5.82 Å². The van der Waals surface area contributed by atoms with Crippen molar-refractivity contribution in [3.63, 3.8) is 0 Å². The summed E-state index contributed by atoms with van der Waals surface area (Å²) < 4.78 is 15.8. The molecule has 1 saturated heterocycles. The third-order valence-corrected chi connectivity index (χ3v) is 3.43. The predicted molar refractivity (Wildman–Crippen MR) is 71.4 cm³/mol. The van der Waals surface area contributed by atoms with Crippen LogP contribution in [-0.2, 0) is 14.3 Å². The maximum absolute atomic E-state index is 11.9. The van der Waals surface area contributed by atoms with E-state index in [2.05, 4.69) is 10.1 Å². The average Bonchev–Trinajstić information content (AvgIpc) is 2.95. The van der Waals surface area contributed by atoms with Crippen molar-refractivity contribution in [2.45, 2.75) is 51.4 Å². The van der Waals surface area contributed by atoms with Gasteiger partial charge in [0.05, 0.1) is 13.2 Å². The summed E-state index contributed by atoms with van der Waals surface area (Å²) in [6.45, 7) is 5.58. The molecular weight excluding hydrogens is 260 g/mol. The van der Waals surface area contributed by atoms with E-state index in [4.69, 9.17) is 14.0 Å². The summed E-state index contributed by atoms with van der Waals surface area (Å²) in [7, 11) is 0. The Morgan fingerprint density at radius 3 is 3.00 bits per heavy atom. The summed E-state index contributed by atoms with van der Waals surface area (Å²) in [5, 5.41) is 4.01. The number of hydrogen-bond donors (Lipinski definition) is 0. The second-order valence-corrected chi connectivity index (χ2v) is 5.00. The molecule has 6 nitrogen and oxygen atoms in total. The molecule has 2 atom stereocenters. The summed E-state index contributed by atoms with van der Waals surface area (Å²) in [6.07, 6.45) is 3.51.